The van der Waals surface area contributed by atoms with Gasteiger partial charge in [-0.25, -0.2) is 4.39 Å². The molecule has 3 aromatic rings. The average Bonchev–Trinajstić information content (AvgIpc) is 2.82. The Hall–Kier alpha value is -2.32. The zero-order valence-electron chi connectivity index (χ0n) is 10.8. The van der Waals surface area contributed by atoms with Crippen LogP contribution in [0.5, 0.6) is 5.75 Å². The van der Waals surface area contributed by atoms with Gasteiger partial charge in [-0.1, -0.05) is 28.1 Å². The standard InChI is InChI=1S/C16H9BrFNO2/c17-11-5-10(6-12(18)7-11)9-20-16-13-3-1-2-4-14(13)21-15(16)8-19/h1-7H,9H2. The predicted octanol–water partition coefficient (Wildman–Crippen LogP) is 4.79. The topological polar surface area (TPSA) is 46.2 Å². The third-order valence-corrected chi connectivity index (χ3v) is 3.41. The molecule has 0 bridgehead atoms. The second kappa shape index (κ2) is 5.58. The van der Waals surface area contributed by atoms with Crippen molar-refractivity contribution in [2.75, 3.05) is 0 Å². The smallest absolute Gasteiger partial charge is 0.246 e. The monoisotopic (exact) mass is 345 g/mol. The number of fused-ring (bicyclic) bond motifs is 1. The summed E-state index contributed by atoms with van der Waals surface area (Å²) in [6, 6.07) is 13.7. The lowest BCUT2D eigenvalue weighted by Crippen LogP contribution is -1.97. The maximum Gasteiger partial charge on any atom is 0.246 e. The zero-order chi connectivity index (χ0) is 14.8. The fourth-order valence-corrected chi connectivity index (χ4v) is 2.60. The van der Waals surface area contributed by atoms with Crippen LogP contribution in [-0.4, -0.2) is 0 Å². The van der Waals surface area contributed by atoms with Crippen molar-refractivity contribution in [3.05, 3.63) is 64.1 Å². The molecule has 0 aliphatic heterocycles. The number of ether oxygens (including phenoxy) is 1. The summed E-state index contributed by atoms with van der Waals surface area (Å²) < 4.78 is 25.1. The minimum Gasteiger partial charge on any atom is -0.483 e. The minimum absolute atomic E-state index is 0.117. The number of halogens is 2. The molecule has 3 rings (SSSR count). The van der Waals surface area contributed by atoms with Gasteiger partial charge in [-0.2, -0.15) is 5.26 Å². The molecule has 5 heteroatoms. The number of hydrogen-bond donors (Lipinski definition) is 0. The summed E-state index contributed by atoms with van der Waals surface area (Å²) in [6.07, 6.45) is 0. The van der Waals surface area contributed by atoms with Crippen LogP contribution in [-0.2, 0) is 6.61 Å². The highest BCUT2D eigenvalue weighted by atomic mass is 79.9. The SMILES string of the molecule is N#Cc1oc2ccccc2c1OCc1cc(F)cc(Br)c1. The quantitative estimate of drug-likeness (QED) is 0.685. The molecule has 2 aromatic carbocycles. The summed E-state index contributed by atoms with van der Waals surface area (Å²) in [5.74, 6) is 0.153. The van der Waals surface area contributed by atoms with Gasteiger partial charge in [-0.05, 0) is 35.9 Å². The number of benzene rings is 2. The van der Waals surface area contributed by atoms with Gasteiger partial charge < -0.3 is 9.15 Å². The van der Waals surface area contributed by atoms with E-state index < -0.39 is 0 Å². The molecule has 1 heterocycles. The summed E-state index contributed by atoms with van der Waals surface area (Å²) in [4.78, 5) is 0. The van der Waals surface area contributed by atoms with E-state index in [0.29, 0.717) is 21.4 Å². The molecular weight excluding hydrogens is 337 g/mol. The lowest BCUT2D eigenvalue weighted by molar-refractivity contribution is 0.303. The van der Waals surface area contributed by atoms with Gasteiger partial charge in [-0.15, -0.1) is 0 Å². The Morgan fingerprint density at radius 3 is 2.81 bits per heavy atom. The summed E-state index contributed by atoms with van der Waals surface area (Å²) in [5.41, 5.74) is 1.25. The molecule has 0 fully saturated rings. The van der Waals surface area contributed by atoms with Gasteiger partial charge in [0.05, 0.1) is 5.39 Å². The first-order valence-corrected chi connectivity index (χ1v) is 6.96. The average molecular weight is 346 g/mol. The third-order valence-electron chi connectivity index (χ3n) is 2.96. The van der Waals surface area contributed by atoms with Crippen molar-refractivity contribution in [1.29, 1.82) is 5.26 Å². The van der Waals surface area contributed by atoms with Crippen molar-refractivity contribution in [2.24, 2.45) is 0 Å². The Morgan fingerprint density at radius 2 is 2.05 bits per heavy atom. The fourth-order valence-electron chi connectivity index (χ4n) is 2.09. The molecule has 0 aliphatic carbocycles. The molecule has 0 saturated heterocycles. The summed E-state index contributed by atoms with van der Waals surface area (Å²) >= 11 is 3.23. The molecule has 0 N–H and O–H groups in total. The Kier molecular flexibility index (Phi) is 3.63. The normalized spacial score (nSPS) is 10.5. The number of nitriles is 1. The van der Waals surface area contributed by atoms with Crippen LogP contribution < -0.4 is 4.74 Å². The van der Waals surface area contributed by atoms with Gasteiger partial charge >= 0.3 is 0 Å². The van der Waals surface area contributed by atoms with Crippen LogP contribution in [0.15, 0.2) is 51.4 Å². The van der Waals surface area contributed by atoms with Gasteiger partial charge in [0.15, 0.2) is 5.75 Å². The van der Waals surface area contributed by atoms with Crippen molar-refractivity contribution in [1.82, 2.24) is 0 Å². The molecule has 3 nitrogen and oxygen atoms in total. The molecule has 0 saturated carbocycles. The van der Waals surface area contributed by atoms with E-state index in [4.69, 9.17) is 14.4 Å². The molecule has 0 aliphatic rings. The molecule has 0 unspecified atom stereocenters. The Labute approximate surface area is 128 Å². The van der Waals surface area contributed by atoms with Crippen LogP contribution >= 0.6 is 15.9 Å². The lowest BCUT2D eigenvalue weighted by Gasteiger charge is -2.06. The molecule has 0 spiro atoms. The van der Waals surface area contributed by atoms with E-state index in [9.17, 15) is 4.39 Å². The predicted molar refractivity (Wildman–Crippen MR) is 79.4 cm³/mol. The largest absolute Gasteiger partial charge is 0.483 e. The highest BCUT2D eigenvalue weighted by Gasteiger charge is 2.15. The second-order valence-electron chi connectivity index (χ2n) is 4.43. The van der Waals surface area contributed by atoms with Crippen LogP contribution in [0.3, 0.4) is 0 Å². The van der Waals surface area contributed by atoms with Gasteiger partial charge in [0.2, 0.25) is 5.76 Å². The van der Waals surface area contributed by atoms with E-state index >= 15 is 0 Å². The van der Waals surface area contributed by atoms with Crippen molar-refractivity contribution >= 4 is 26.9 Å². The van der Waals surface area contributed by atoms with Gasteiger partial charge in [0.1, 0.15) is 24.1 Å². The Bertz CT molecular complexity index is 831. The van der Waals surface area contributed by atoms with Crippen LogP contribution in [0.1, 0.15) is 11.3 Å². The minimum atomic E-state index is -0.347. The highest BCUT2D eigenvalue weighted by Crippen LogP contribution is 2.33. The van der Waals surface area contributed by atoms with E-state index in [1.807, 2.05) is 24.3 Å². The van der Waals surface area contributed by atoms with E-state index in [1.165, 1.54) is 12.1 Å². The summed E-state index contributed by atoms with van der Waals surface area (Å²) in [5, 5.41) is 9.84. The maximum atomic E-state index is 13.3. The number of rotatable bonds is 3. The number of para-hydroxylation sites is 1. The molecule has 0 radical (unpaired) electrons. The fraction of sp³-hybridized carbons (Fsp3) is 0.0625. The first-order valence-electron chi connectivity index (χ1n) is 6.17. The first-order chi connectivity index (χ1) is 10.2. The first kappa shape index (κ1) is 13.7. The molecular formula is C16H9BrFNO2. The molecule has 104 valence electrons. The zero-order valence-corrected chi connectivity index (χ0v) is 12.4. The molecule has 0 atom stereocenters. The summed E-state index contributed by atoms with van der Waals surface area (Å²) in [6.45, 7) is 0.147. The van der Waals surface area contributed by atoms with E-state index in [2.05, 4.69) is 15.9 Å². The number of nitrogens with zero attached hydrogens (tertiary/aromatic N) is 1. The van der Waals surface area contributed by atoms with E-state index in [-0.39, 0.29) is 18.2 Å². The lowest BCUT2D eigenvalue weighted by atomic mass is 10.2. The van der Waals surface area contributed by atoms with Crippen LogP contribution in [0.2, 0.25) is 0 Å². The van der Waals surface area contributed by atoms with E-state index in [1.54, 1.807) is 12.1 Å². The van der Waals surface area contributed by atoms with Crippen LogP contribution in [0.25, 0.3) is 11.0 Å². The van der Waals surface area contributed by atoms with Crippen LogP contribution in [0.4, 0.5) is 4.39 Å². The Balaban J connectivity index is 1.93. The number of furan rings is 1. The Morgan fingerprint density at radius 1 is 1.24 bits per heavy atom. The van der Waals surface area contributed by atoms with Crippen molar-refractivity contribution in [3.8, 4) is 11.8 Å². The summed E-state index contributed by atoms with van der Waals surface area (Å²) in [7, 11) is 0. The van der Waals surface area contributed by atoms with Gasteiger partial charge in [0.25, 0.3) is 0 Å². The van der Waals surface area contributed by atoms with Crippen molar-refractivity contribution in [2.45, 2.75) is 6.61 Å². The number of hydrogen-bond acceptors (Lipinski definition) is 3. The third kappa shape index (κ3) is 2.76. The van der Waals surface area contributed by atoms with Gasteiger partial charge in [0, 0.05) is 4.47 Å². The van der Waals surface area contributed by atoms with E-state index in [0.717, 1.165) is 5.39 Å². The van der Waals surface area contributed by atoms with Crippen molar-refractivity contribution in [3.63, 3.8) is 0 Å². The molecule has 21 heavy (non-hydrogen) atoms. The van der Waals surface area contributed by atoms with Crippen LogP contribution in [0, 0.1) is 17.1 Å². The molecule has 0 amide bonds. The van der Waals surface area contributed by atoms with Crippen molar-refractivity contribution < 1.29 is 13.5 Å². The molecule has 1 aromatic heterocycles. The highest BCUT2D eigenvalue weighted by molar-refractivity contribution is 9.10. The second-order valence-corrected chi connectivity index (χ2v) is 5.35. The van der Waals surface area contributed by atoms with Gasteiger partial charge in [-0.3, -0.25) is 0 Å². The maximum absolute atomic E-state index is 13.3.